The maximum Gasteiger partial charge on any atom is 0.266 e. The van der Waals surface area contributed by atoms with E-state index < -0.39 is 5.66 Å². The Morgan fingerprint density at radius 3 is 2.31 bits per heavy atom. The van der Waals surface area contributed by atoms with Crippen molar-refractivity contribution in [3.63, 3.8) is 0 Å². The van der Waals surface area contributed by atoms with Crippen molar-refractivity contribution < 1.29 is 9.95 Å². The van der Waals surface area contributed by atoms with Crippen molar-refractivity contribution in [2.45, 2.75) is 19.5 Å². The molecule has 2 rings (SSSR count). The molecule has 1 aromatic rings. The monoisotopic (exact) mass is 236 g/mol. The van der Waals surface area contributed by atoms with Crippen LogP contribution in [0.1, 0.15) is 19.4 Å². The van der Waals surface area contributed by atoms with Crippen molar-refractivity contribution in [3.8, 4) is 0 Å². The fourth-order valence-corrected chi connectivity index (χ4v) is 2.06. The van der Waals surface area contributed by atoms with Crippen LogP contribution in [0.25, 0.3) is 0 Å². The lowest BCUT2D eigenvalue weighted by atomic mass is 10.1. The number of hydrogen-bond acceptors (Lipinski definition) is 3. The number of hydrogen-bond donors (Lipinski definition) is 1. The maximum atomic E-state index is 12.0. The van der Waals surface area contributed by atoms with Crippen molar-refractivity contribution in [3.05, 3.63) is 41.1 Å². The Morgan fingerprint density at radius 2 is 1.88 bits per heavy atom. The molecule has 84 valence electrons. The van der Waals surface area contributed by atoms with E-state index in [0.29, 0.717) is 11.3 Å². The second-order valence-corrected chi connectivity index (χ2v) is 4.51. The summed E-state index contributed by atoms with van der Waals surface area (Å²) in [5.74, 6) is 0. The van der Waals surface area contributed by atoms with E-state index in [1.165, 1.54) is 0 Å². The zero-order chi connectivity index (χ0) is 11.9. The fraction of sp³-hybridized carbons (Fsp3) is 0.273. The highest BCUT2D eigenvalue weighted by atomic mass is 32.1. The Kier molecular flexibility index (Phi) is 2.44. The lowest BCUT2D eigenvalue weighted by Crippen LogP contribution is -2.44. The largest absolute Gasteiger partial charge is 0.621 e. The normalized spacial score (nSPS) is 19.4. The molecule has 0 aliphatic carbocycles. The standard InChI is InChI=1S/C11H12N2O2S/c1-11(2)12(14)9(10(16)13(11)15)8-6-4-3-5-7-8/h3-7,15H,1-2H3. The molecule has 0 saturated carbocycles. The van der Waals surface area contributed by atoms with Crippen LogP contribution in [0.4, 0.5) is 0 Å². The Bertz CT molecular complexity index is 468. The molecule has 16 heavy (non-hydrogen) atoms. The van der Waals surface area contributed by atoms with Gasteiger partial charge < -0.3 is 5.21 Å². The van der Waals surface area contributed by atoms with Crippen LogP contribution in [0.15, 0.2) is 30.3 Å². The quantitative estimate of drug-likeness (QED) is 0.458. The van der Waals surface area contributed by atoms with E-state index in [2.05, 4.69) is 0 Å². The smallest absolute Gasteiger partial charge is 0.266 e. The molecule has 1 aliphatic rings. The molecule has 1 aromatic carbocycles. The van der Waals surface area contributed by atoms with Gasteiger partial charge in [-0.05, 0) is 12.1 Å². The molecule has 0 saturated heterocycles. The highest BCUT2D eigenvalue weighted by Gasteiger charge is 2.48. The Labute approximate surface area is 99.0 Å². The zero-order valence-electron chi connectivity index (χ0n) is 9.04. The summed E-state index contributed by atoms with van der Waals surface area (Å²) in [6.45, 7) is 3.23. The first-order valence-corrected chi connectivity index (χ1v) is 5.30. The summed E-state index contributed by atoms with van der Waals surface area (Å²) in [6.07, 6.45) is 0. The van der Waals surface area contributed by atoms with Gasteiger partial charge in [0.1, 0.15) is 0 Å². The van der Waals surface area contributed by atoms with Crippen LogP contribution in [-0.2, 0) is 0 Å². The molecule has 1 heterocycles. The first-order valence-electron chi connectivity index (χ1n) is 4.89. The van der Waals surface area contributed by atoms with Crippen LogP contribution in [-0.4, -0.2) is 31.4 Å². The van der Waals surface area contributed by atoms with E-state index >= 15 is 0 Å². The van der Waals surface area contributed by atoms with Gasteiger partial charge in [0.15, 0.2) is 0 Å². The van der Waals surface area contributed by atoms with Crippen LogP contribution in [0, 0.1) is 5.21 Å². The van der Waals surface area contributed by atoms with E-state index in [9.17, 15) is 10.4 Å². The fourth-order valence-electron chi connectivity index (χ4n) is 1.63. The third-order valence-corrected chi connectivity index (χ3v) is 3.03. The predicted octanol–water partition coefficient (Wildman–Crippen LogP) is 1.75. The van der Waals surface area contributed by atoms with Gasteiger partial charge in [0.25, 0.3) is 11.4 Å². The van der Waals surface area contributed by atoms with Gasteiger partial charge in [-0.1, -0.05) is 30.4 Å². The van der Waals surface area contributed by atoms with Crippen LogP contribution < -0.4 is 0 Å². The molecule has 1 aliphatic heterocycles. The lowest BCUT2D eigenvalue weighted by molar-refractivity contribution is -0.575. The molecule has 0 spiro atoms. The average molecular weight is 236 g/mol. The van der Waals surface area contributed by atoms with Gasteiger partial charge in [-0.2, -0.15) is 9.80 Å². The molecule has 0 bridgehead atoms. The molecule has 1 N–H and O–H groups in total. The summed E-state index contributed by atoms with van der Waals surface area (Å²) >= 11 is 5.07. The highest BCUT2D eigenvalue weighted by molar-refractivity contribution is 7.82. The molecule has 0 aromatic heterocycles. The molecule has 4 nitrogen and oxygen atoms in total. The van der Waals surface area contributed by atoms with Gasteiger partial charge in [0.05, 0.1) is 5.56 Å². The maximum absolute atomic E-state index is 12.0. The second-order valence-electron chi connectivity index (χ2n) is 4.12. The third-order valence-electron chi connectivity index (χ3n) is 2.66. The minimum Gasteiger partial charge on any atom is -0.621 e. The summed E-state index contributed by atoms with van der Waals surface area (Å²) in [5, 5.41) is 22.6. The van der Waals surface area contributed by atoms with Crippen molar-refractivity contribution in [2.75, 3.05) is 0 Å². The first-order chi connectivity index (χ1) is 7.46. The molecule has 0 fully saturated rings. The Morgan fingerprint density at radius 1 is 1.31 bits per heavy atom. The van der Waals surface area contributed by atoms with Gasteiger partial charge >= 0.3 is 0 Å². The minimum absolute atomic E-state index is 0.159. The molecule has 0 unspecified atom stereocenters. The van der Waals surface area contributed by atoms with E-state index in [4.69, 9.17) is 12.2 Å². The molecule has 0 radical (unpaired) electrons. The minimum atomic E-state index is -1.05. The SMILES string of the molecule is CC1(C)N(O)C(=S)C(c2ccccc2)=[N+]1[O-]. The summed E-state index contributed by atoms with van der Waals surface area (Å²) in [4.78, 5) is 0.159. The summed E-state index contributed by atoms with van der Waals surface area (Å²) < 4.78 is 0.741. The van der Waals surface area contributed by atoms with E-state index in [1.54, 1.807) is 26.0 Å². The lowest BCUT2D eigenvalue weighted by Gasteiger charge is -2.23. The highest BCUT2D eigenvalue weighted by Crippen LogP contribution is 2.24. The Balaban J connectivity index is 2.58. The topological polar surface area (TPSA) is 49.5 Å². The third kappa shape index (κ3) is 1.40. The predicted molar refractivity (Wildman–Crippen MR) is 64.5 cm³/mol. The summed E-state index contributed by atoms with van der Waals surface area (Å²) in [5.41, 5.74) is -0.00218. The molecule has 5 heteroatoms. The first kappa shape index (κ1) is 11.0. The van der Waals surface area contributed by atoms with Gasteiger partial charge in [-0.15, -0.1) is 0 Å². The average Bonchev–Trinajstić information content (AvgIpc) is 2.42. The number of thiocarbonyl (C=S) groups is 1. The van der Waals surface area contributed by atoms with Crippen LogP contribution >= 0.6 is 12.2 Å². The van der Waals surface area contributed by atoms with Crippen molar-refractivity contribution >= 4 is 22.9 Å². The second kappa shape index (κ2) is 3.54. The molecular weight excluding hydrogens is 224 g/mol. The molecule has 0 amide bonds. The van der Waals surface area contributed by atoms with Crippen LogP contribution in [0.5, 0.6) is 0 Å². The molecule has 0 atom stereocenters. The van der Waals surface area contributed by atoms with E-state index in [0.717, 1.165) is 9.80 Å². The van der Waals surface area contributed by atoms with Crippen molar-refractivity contribution in [1.82, 2.24) is 5.06 Å². The van der Waals surface area contributed by atoms with E-state index in [1.807, 2.05) is 18.2 Å². The van der Waals surface area contributed by atoms with Gasteiger partial charge in [0.2, 0.25) is 4.99 Å². The van der Waals surface area contributed by atoms with Gasteiger partial charge in [-0.25, -0.2) is 0 Å². The number of rotatable bonds is 1. The Hall–Kier alpha value is -1.46. The van der Waals surface area contributed by atoms with Crippen LogP contribution in [0.2, 0.25) is 0 Å². The van der Waals surface area contributed by atoms with E-state index in [-0.39, 0.29) is 4.99 Å². The summed E-state index contributed by atoms with van der Waals surface area (Å²) in [7, 11) is 0. The molecular formula is C11H12N2O2S. The van der Waals surface area contributed by atoms with Crippen molar-refractivity contribution in [1.29, 1.82) is 0 Å². The van der Waals surface area contributed by atoms with Gasteiger partial charge in [-0.3, -0.25) is 5.21 Å². The van der Waals surface area contributed by atoms with Gasteiger partial charge in [0, 0.05) is 13.8 Å². The van der Waals surface area contributed by atoms with Crippen LogP contribution in [0.3, 0.4) is 0 Å². The number of nitrogens with zero attached hydrogens (tertiary/aromatic N) is 2. The van der Waals surface area contributed by atoms with Crippen molar-refractivity contribution in [2.24, 2.45) is 0 Å². The number of benzene rings is 1. The summed E-state index contributed by atoms with van der Waals surface area (Å²) in [6, 6.07) is 9.10. The zero-order valence-corrected chi connectivity index (χ0v) is 9.86. The number of hydroxylamine groups is 3.